The van der Waals surface area contributed by atoms with Crippen molar-refractivity contribution in [2.75, 3.05) is 19.7 Å². The molecule has 1 aromatic rings. The maximum absolute atomic E-state index is 9.55. The molecule has 0 aromatic heterocycles. The monoisotopic (exact) mass is 341 g/mol. The van der Waals surface area contributed by atoms with Crippen LogP contribution in [0.15, 0.2) is 36.4 Å². The molecule has 2 aliphatic heterocycles. The van der Waals surface area contributed by atoms with Gasteiger partial charge in [-0.1, -0.05) is 23.7 Å². The number of aliphatic carboxylic acids is 2. The van der Waals surface area contributed by atoms with Crippen LogP contribution in [0.2, 0.25) is 5.02 Å². The van der Waals surface area contributed by atoms with Crippen LogP contribution in [0, 0.1) is 0 Å². The van der Waals surface area contributed by atoms with E-state index >= 15 is 0 Å². The first-order chi connectivity index (χ1) is 10.9. The third-order valence-electron chi connectivity index (χ3n) is 3.22. The predicted molar refractivity (Wildman–Crippen MR) is 81.2 cm³/mol. The summed E-state index contributed by atoms with van der Waals surface area (Å²) >= 11 is 5.97. The van der Waals surface area contributed by atoms with Gasteiger partial charge in [-0.3, -0.25) is 0 Å². The summed E-state index contributed by atoms with van der Waals surface area (Å²) in [5.41, 5.74) is 0.990. The Morgan fingerprint density at radius 1 is 1.30 bits per heavy atom. The lowest BCUT2D eigenvalue weighted by Crippen LogP contribution is -2.46. The first kappa shape index (κ1) is 17.4. The minimum atomic E-state index is -1.26. The van der Waals surface area contributed by atoms with Crippen molar-refractivity contribution in [2.45, 2.75) is 11.9 Å². The molecular weight excluding hydrogens is 326 g/mol. The highest BCUT2D eigenvalue weighted by Crippen LogP contribution is 2.36. The van der Waals surface area contributed by atoms with E-state index in [1.54, 1.807) is 0 Å². The van der Waals surface area contributed by atoms with Gasteiger partial charge in [0.05, 0.1) is 19.3 Å². The third kappa shape index (κ3) is 4.77. The zero-order valence-electron chi connectivity index (χ0n) is 12.1. The molecule has 0 spiro atoms. The van der Waals surface area contributed by atoms with Gasteiger partial charge in [0.15, 0.2) is 0 Å². The summed E-state index contributed by atoms with van der Waals surface area (Å²) in [7, 11) is 0. The summed E-state index contributed by atoms with van der Waals surface area (Å²) in [6.07, 6.45) is 1.28. The van der Waals surface area contributed by atoms with Crippen LogP contribution < -0.4 is 5.32 Å². The van der Waals surface area contributed by atoms with Gasteiger partial charge in [0.2, 0.25) is 5.79 Å². The Balaban J connectivity index is 0.000000207. The quantitative estimate of drug-likeness (QED) is 0.710. The number of hydrogen-bond donors (Lipinski definition) is 3. The Morgan fingerprint density at radius 3 is 2.61 bits per heavy atom. The maximum atomic E-state index is 9.55. The summed E-state index contributed by atoms with van der Waals surface area (Å²) in [4.78, 5) is 19.1. The molecule has 1 aromatic carbocycles. The van der Waals surface area contributed by atoms with Crippen LogP contribution in [0.5, 0.6) is 0 Å². The van der Waals surface area contributed by atoms with E-state index < -0.39 is 17.7 Å². The molecule has 0 aliphatic carbocycles. The van der Waals surface area contributed by atoms with Crippen molar-refractivity contribution in [3.63, 3.8) is 0 Å². The number of ether oxygens (including phenoxy) is 2. The van der Waals surface area contributed by atoms with E-state index in [1.807, 2.05) is 24.3 Å². The molecule has 0 radical (unpaired) electrons. The lowest BCUT2D eigenvalue weighted by molar-refractivity contribution is -0.186. The summed E-state index contributed by atoms with van der Waals surface area (Å²) in [6.45, 7) is 2.20. The molecule has 3 N–H and O–H groups in total. The van der Waals surface area contributed by atoms with Crippen molar-refractivity contribution >= 4 is 23.5 Å². The van der Waals surface area contributed by atoms with E-state index in [2.05, 4.69) is 5.32 Å². The van der Waals surface area contributed by atoms with Gasteiger partial charge in [0.1, 0.15) is 0 Å². The van der Waals surface area contributed by atoms with Crippen LogP contribution >= 0.6 is 11.6 Å². The fourth-order valence-corrected chi connectivity index (χ4v) is 2.47. The van der Waals surface area contributed by atoms with Crippen LogP contribution in [0.3, 0.4) is 0 Å². The van der Waals surface area contributed by atoms with E-state index in [1.165, 1.54) is 0 Å². The highest BCUT2D eigenvalue weighted by Gasteiger charge is 2.46. The van der Waals surface area contributed by atoms with Crippen molar-refractivity contribution in [3.05, 3.63) is 47.0 Å². The number of hydrogen-bond acceptors (Lipinski definition) is 5. The third-order valence-corrected chi connectivity index (χ3v) is 3.46. The molecule has 3 rings (SSSR count). The molecule has 0 saturated carbocycles. The Hall–Kier alpha value is -1.93. The summed E-state index contributed by atoms with van der Waals surface area (Å²) in [5.74, 6) is -3.13. The van der Waals surface area contributed by atoms with Crippen LogP contribution in [0.25, 0.3) is 0 Å². The average Bonchev–Trinajstić information content (AvgIpc) is 2.82. The molecule has 2 unspecified atom stereocenters. The van der Waals surface area contributed by atoms with Gasteiger partial charge in [-0.25, -0.2) is 9.59 Å². The van der Waals surface area contributed by atoms with Crippen LogP contribution in [0.4, 0.5) is 0 Å². The first-order valence-electron chi connectivity index (χ1n) is 6.84. The van der Waals surface area contributed by atoms with E-state index in [0.29, 0.717) is 30.3 Å². The average molecular weight is 342 g/mol. The summed E-state index contributed by atoms with van der Waals surface area (Å²) in [6, 6.07) is 7.66. The summed E-state index contributed by atoms with van der Waals surface area (Å²) < 4.78 is 11.6. The molecule has 2 atom stereocenters. The minimum Gasteiger partial charge on any atom is -0.478 e. The number of halogens is 1. The zero-order chi connectivity index (χ0) is 16.9. The number of nitrogens with one attached hydrogen (secondary N) is 1. The largest absolute Gasteiger partial charge is 0.478 e. The van der Waals surface area contributed by atoms with Crippen LogP contribution in [-0.2, 0) is 24.8 Å². The van der Waals surface area contributed by atoms with Gasteiger partial charge < -0.3 is 25.0 Å². The van der Waals surface area contributed by atoms with Gasteiger partial charge in [0.25, 0.3) is 0 Å². The Bertz CT molecular complexity index is 600. The maximum Gasteiger partial charge on any atom is 0.328 e. The first-order valence-corrected chi connectivity index (χ1v) is 7.21. The number of morpholine rings is 1. The number of rotatable bonds is 3. The SMILES string of the molecule is Clc1cccc(C23CNCC(CO2)O3)c1.O=C(O)/C=C/C(=O)O. The normalized spacial score (nSPS) is 25.7. The molecule has 23 heavy (non-hydrogen) atoms. The van der Waals surface area contributed by atoms with Gasteiger partial charge in [0, 0.05) is 29.3 Å². The molecule has 2 aliphatic rings. The molecule has 2 fully saturated rings. The van der Waals surface area contributed by atoms with Gasteiger partial charge >= 0.3 is 11.9 Å². The number of benzene rings is 1. The molecule has 0 amide bonds. The second-order valence-corrected chi connectivity index (χ2v) is 5.39. The highest BCUT2D eigenvalue weighted by atomic mass is 35.5. The van der Waals surface area contributed by atoms with E-state index in [9.17, 15) is 9.59 Å². The van der Waals surface area contributed by atoms with E-state index in [4.69, 9.17) is 31.3 Å². The minimum absolute atomic E-state index is 0.165. The fraction of sp³-hybridized carbons (Fsp3) is 0.333. The second-order valence-electron chi connectivity index (χ2n) is 4.95. The van der Waals surface area contributed by atoms with Crippen LogP contribution in [0.1, 0.15) is 5.56 Å². The topological polar surface area (TPSA) is 105 Å². The lowest BCUT2D eigenvalue weighted by Gasteiger charge is -2.32. The molecule has 2 heterocycles. The highest BCUT2D eigenvalue weighted by molar-refractivity contribution is 6.30. The number of carbonyl (C=O) groups is 2. The van der Waals surface area contributed by atoms with Crippen molar-refractivity contribution in [2.24, 2.45) is 0 Å². The molecular formula is C15H16ClNO6. The zero-order valence-corrected chi connectivity index (χ0v) is 12.8. The Kier molecular flexibility index (Phi) is 5.73. The van der Waals surface area contributed by atoms with Crippen molar-refractivity contribution < 1.29 is 29.3 Å². The van der Waals surface area contributed by atoms with Gasteiger partial charge in [-0.05, 0) is 12.1 Å². The Morgan fingerprint density at radius 2 is 2.00 bits per heavy atom. The summed E-state index contributed by atoms with van der Waals surface area (Å²) in [5, 5.41) is 19.6. The molecule has 8 heteroatoms. The van der Waals surface area contributed by atoms with Gasteiger partial charge in [-0.15, -0.1) is 0 Å². The van der Waals surface area contributed by atoms with Crippen LogP contribution in [-0.4, -0.2) is 48.0 Å². The van der Waals surface area contributed by atoms with Crippen molar-refractivity contribution in [1.82, 2.24) is 5.32 Å². The predicted octanol–water partition coefficient (Wildman–Crippen LogP) is 1.22. The van der Waals surface area contributed by atoms with E-state index in [0.717, 1.165) is 12.1 Å². The van der Waals surface area contributed by atoms with Gasteiger partial charge in [-0.2, -0.15) is 0 Å². The van der Waals surface area contributed by atoms with Crippen molar-refractivity contribution in [3.8, 4) is 0 Å². The number of carboxylic acid groups (broad SMARTS) is 2. The molecule has 124 valence electrons. The number of carboxylic acids is 2. The number of fused-ring (bicyclic) bond motifs is 2. The lowest BCUT2D eigenvalue weighted by atomic mass is 10.1. The molecule has 7 nitrogen and oxygen atoms in total. The second kappa shape index (κ2) is 7.56. The molecule has 2 bridgehead atoms. The Labute approximate surface area is 137 Å². The van der Waals surface area contributed by atoms with Crippen molar-refractivity contribution in [1.29, 1.82) is 0 Å². The van der Waals surface area contributed by atoms with E-state index in [-0.39, 0.29) is 6.10 Å². The molecule has 2 saturated heterocycles. The standard InChI is InChI=1S/C11H12ClNO2.C4H4O4/c12-9-3-1-2-8(4-9)11-7-13-5-10(15-11)6-14-11;5-3(6)1-2-4(7)8/h1-4,10,13H,5-7H2;1-2H,(H,5,6)(H,7,8)/b;2-1+. The fourth-order valence-electron chi connectivity index (χ4n) is 2.28. The smallest absolute Gasteiger partial charge is 0.328 e.